The number of benzene rings is 2. The molecule has 1 aliphatic rings. The van der Waals surface area contributed by atoms with Crippen LogP contribution in [0.4, 0.5) is 0 Å². The zero-order valence-corrected chi connectivity index (χ0v) is 17.1. The van der Waals surface area contributed by atoms with Crippen LogP contribution in [0.25, 0.3) is 17.1 Å². The molecular formula is C20H19ClN4O2S. The SMILES string of the molecule is COc1ccccc1-c1nnc(SC2CCN(C)C2=O)n1-c1ccc(Cl)cc1. The van der Waals surface area contributed by atoms with Gasteiger partial charge in [0.1, 0.15) is 5.75 Å². The summed E-state index contributed by atoms with van der Waals surface area (Å²) in [7, 11) is 3.46. The molecule has 0 spiro atoms. The van der Waals surface area contributed by atoms with Gasteiger partial charge < -0.3 is 9.64 Å². The van der Waals surface area contributed by atoms with Crippen molar-refractivity contribution in [2.45, 2.75) is 16.8 Å². The van der Waals surface area contributed by atoms with Crippen LogP contribution in [-0.4, -0.2) is 51.5 Å². The zero-order chi connectivity index (χ0) is 19.7. The maximum atomic E-state index is 12.4. The lowest BCUT2D eigenvalue weighted by Crippen LogP contribution is -2.24. The predicted molar refractivity (Wildman–Crippen MR) is 110 cm³/mol. The Hall–Kier alpha value is -2.51. The lowest BCUT2D eigenvalue weighted by atomic mass is 10.2. The van der Waals surface area contributed by atoms with Crippen LogP contribution in [0.3, 0.4) is 0 Å². The summed E-state index contributed by atoms with van der Waals surface area (Å²) < 4.78 is 7.46. The first-order valence-electron chi connectivity index (χ1n) is 8.85. The van der Waals surface area contributed by atoms with Gasteiger partial charge in [0.25, 0.3) is 0 Å². The first-order valence-corrected chi connectivity index (χ1v) is 10.1. The average Bonchev–Trinajstić information content (AvgIpc) is 3.27. The topological polar surface area (TPSA) is 60.3 Å². The van der Waals surface area contributed by atoms with E-state index in [4.69, 9.17) is 16.3 Å². The molecule has 1 aromatic heterocycles. The van der Waals surface area contributed by atoms with Gasteiger partial charge in [-0.25, -0.2) is 0 Å². The van der Waals surface area contributed by atoms with Crippen molar-refractivity contribution in [1.29, 1.82) is 0 Å². The van der Waals surface area contributed by atoms with E-state index in [0.717, 1.165) is 24.2 Å². The highest BCUT2D eigenvalue weighted by Gasteiger charge is 2.32. The monoisotopic (exact) mass is 414 g/mol. The summed E-state index contributed by atoms with van der Waals surface area (Å²) in [6, 6.07) is 15.2. The second-order valence-corrected chi connectivity index (χ2v) is 8.08. The second-order valence-electron chi connectivity index (χ2n) is 6.47. The van der Waals surface area contributed by atoms with Crippen molar-refractivity contribution >= 4 is 29.3 Å². The van der Waals surface area contributed by atoms with Crippen LogP contribution in [0.1, 0.15) is 6.42 Å². The normalized spacial score (nSPS) is 16.6. The Morgan fingerprint density at radius 2 is 1.89 bits per heavy atom. The van der Waals surface area contributed by atoms with Crippen LogP contribution in [0.2, 0.25) is 5.02 Å². The van der Waals surface area contributed by atoms with Gasteiger partial charge >= 0.3 is 0 Å². The molecule has 1 fully saturated rings. The largest absolute Gasteiger partial charge is 0.496 e. The molecular weight excluding hydrogens is 396 g/mol. The molecule has 0 bridgehead atoms. The number of carbonyl (C=O) groups is 1. The van der Waals surface area contributed by atoms with E-state index in [-0.39, 0.29) is 11.2 Å². The number of nitrogens with zero attached hydrogens (tertiary/aromatic N) is 4. The molecule has 1 aliphatic heterocycles. The minimum atomic E-state index is -0.161. The van der Waals surface area contributed by atoms with E-state index in [2.05, 4.69) is 10.2 Å². The van der Waals surface area contributed by atoms with E-state index in [1.165, 1.54) is 11.8 Å². The Morgan fingerprint density at radius 3 is 2.57 bits per heavy atom. The highest BCUT2D eigenvalue weighted by atomic mass is 35.5. The van der Waals surface area contributed by atoms with Gasteiger partial charge in [-0.3, -0.25) is 9.36 Å². The maximum Gasteiger partial charge on any atom is 0.235 e. The van der Waals surface area contributed by atoms with E-state index in [1.54, 1.807) is 12.0 Å². The third kappa shape index (κ3) is 3.47. The summed E-state index contributed by atoms with van der Waals surface area (Å²) in [6.45, 7) is 0.755. The van der Waals surface area contributed by atoms with Crippen molar-refractivity contribution in [2.75, 3.05) is 20.7 Å². The summed E-state index contributed by atoms with van der Waals surface area (Å²) in [5.74, 6) is 1.48. The van der Waals surface area contributed by atoms with E-state index in [0.29, 0.717) is 21.8 Å². The lowest BCUT2D eigenvalue weighted by molar-refractivity contribution is -0.126. The van der Waals surface area contributed by atoms with Gasteiger partial charge in [-0.05, 0) is 42.8 Å². The summed E-state index contributed by atoms with van der Waals surface area (Å²) in [5, 5.41) is 9.99. The molecule has 28 heavy (non-hydrogen) atoms. The van der Waals surface area contributed by atoms with E-state index in [1.807, 2.05) is 60.1 Å². The fraction of sp³-hybridized carbons (Fsp3) is 0.250. The standard InChI is InChI=1S/C20H19ClN4O2S/c1-24-12-11-17(19(24)26)28-20-23-22-18(15-5-3-4-6-16(15)27-2)25(20)14-9-7-13(21)8-10-14/h3-10,17H,11-12H2,1-2H3. The van der Waals surface area contributed by atoms with Crippen LogP contribution in [0, 0.1) is 0 Å². The number of likely N-dealkylation sites (tertiary alicyclic amines) is 1. The Bertz CT molecular complexity index is 1010. The number of thioether (sulfide) groups is 1. The number of hydrogen-bond acceptors (Lipinski definition) is 5. The predicted octanol–water partition coefficient (Wildman–Crippen LogP) is 3.92. The third-order valence-corrected chi connectivity index (χ3v) is 6.14. The van der Waals surface area contributed by atoms with Gasteiger partial charge in [-0.15, -0.1) is 10.2 Å². The van der Waals surface area contributed by atoms with Crippen LogP contribution >= 0.6 is 23.4 Å². The second kappa shape index (κ2) is 7.85. The first kappa shape index (κ1) is 18.8. The van der Waals surface area contributed by atoms with Gasteiger partial charge in [0.15, 0.2) is 11.0 Å². The molecule has 4 rings (SSSR count). The first-order chi connectivity index (χ1) is 13.6. The van der Waals surface area contributed by atoms with E-state index < -0.39 is 0 Å². The fourth-order valence-electron chi connectivity index (χ4n) is 3.20. The molecule has 6 nitrogen and oxygen atoms in total. The number of ether oxygens (including phenoxy) is 1. The number of carbonyl (C=O) groups excluding carboxylic acids is 1. The molecule has 2 heterocycles. The van der Waals surface area contributed by atoms with Crippen LogP contribution in [0.5, 0.6) is 5.75 Å². The summed E-state index contributed by atoms with van der Waals surface area (Å²) in [6.07, 6.45) is 0.789. The highest BCUT2D eigenvalue weighted by molar-refractivity contribution is 8.00. The van der Waals surface area contributed by atoms with Crippen molar-refractivity contribution in [1.82, 2.24) is 19.7 Å². The Kier molecular flexibility index (Phi) is 5.28. The van der Waals surface area contributed by atoms with Crippen molar-refractivity contribution in [3.05, 3.63) is 53.6 Å². The van der Waals surface area contributed by atoms with E-state index in [9.17, 15) is 4.79 Å². The van der Waals surface area contributed by atoms with Crippen molar-refractivity contribution in [3.63, 3.8) is 0 Å². The van der Waals surface area contributed by atoms with Crippen LogP contribution in [0.15, 0.2) is 53.7 Å². The summed E-state index contributed by atoms with van der Waals surface area (Å²) in [5.41, 5.74) is 1.70. The van der Waals surface area contributed by atoms with Crippen LogP contribution in [-0.2, 0) is 4.79 Å². The Morgan fingerprint density at radius 1 is 1.14 bits per heavy atom. The van der Waals surface area contributed by atoms with Gasteiger partial charge in [0.05, 0.1) is 17.9 Å². The Balaban J connectivity index is 1.82. The van der Waals surface area contributed by atoms with E-state index >= 15 is 0 Å². The molecule has 8 heteroatoms. The molecule has 2 aromatic carbocycles. The zero-order valence-electron chi connectivity index (χ0n) is 15.5. The highest BCUT2D eigenvalue weighted by Crippen LogP contribution is 2.36. The lowest BCUT2D eigenvalue weighted by Gasteiger charge is -2.14. The van der Waals surface area contributed by atoms with Gasteiger partial charge in [-0.1, -0.05) is 35.5 Å². The number of hydrogen-bond donors (Lipinski definition) is 0. The molecule has 1 amide bonds. The molecule has 3 aromatic rings. The van der Waals surface area contributed by atoms with Gasteiger partial charge in [-0.2, -0.15) is 0 Å². The van der Waals surface area contributed by atoms with Crippen LogP contribution < -0.4 is 4.74 Å². The fourth-order valence-corrected chi connectivity index (χ4v) is 4.47. The van der Waals surface area contributed by atoms with Gasteiger partial charge in [0, 0.05) is 24.3 Å². The average molecular weight is 415 g/mol. The maximum absolute atomic E-state index is 12.4. The third-order valence-electron chi connectivity index (χ3n) is 4.69. The number of methoxy groups -OCH3 is 1. The molecule has 0 N–H and O–H groups in total. The minimum Gasteiger partial charge on any atom is -0.496 e. The van der Waals surface area contributed by atoms with Crippen molar-refractivity contribution in [3.8, 4) is 22.8 Å². The summed E-state index contributed by atoms with van der Waals surface area (Å²) >= 11 is 7.52. The molecule has 1 unspecified atom stereocenters. The molecule has 0 aliphatic carbocycles. The number of aromatic nitrogens is 3. The molecule has 0 saturated carbocycles. The Labute approximate surface area is 172 Å². The number of amides is 1. The quantitative estimate of drug-likeness (QED) is 0.633. The summed E-state index contributed by atoms with van der Waals surface area (Å²) in [4.78, 5) is 14.1. The number of halogens is 1. The number of rotatable bonds is 5. The molecule has 0 radical (unpaired) electrons. The molecule has 144 valence electrons. The number of para-hydroxylation sites is 1. The van der Waals surface area contributed by atoms with Gasteiger partial charge in [0.2, 0.25) is 5.91 Å². The van der Waals surface area contributed by atoms with Crippen molar-refractivity contribution < 1.29 is 9.53 Å². The molecule has 1 atom stereocenters. The van der Waals surface area contributed by atoms with Crippen molar-refractivity contribution in [2.24, 2.45) is 0 Å². The minimum absolute atomic E-state index is 0.120. The smallest absolute Gasteiger partial charge is 0.235 e. The molecule has 1 saturated heterocycles.